The van der Waals surface area contributed by atoms with Gasteiger partial charge in [-0.1, -0.05) is 0 Å². The van der Waals surface area contributed by atoms with E-state index in [4.69, 9.17) is 14.5 Å². The number of nitrogens with zero attached hydrogens (tertiary/aromatic N) is 2. The first-order valence-corrected chi connectivity index (χ1v) is 2.14. The van der Waals surface area contributed by atoms with E-state index in [0.29, 0.717) is 0 Å². The highest BCUT2D eigenvalue weighted by atomic mass is 16.3. The van der Waals surface area contributed by atoms with Crippen LogP contribution in [-0.4, -0.2) is 10.1 Å². The highest BCUT2D eigenvalue weighted by Gasteiger charge is 1.89. The van der Waals surface area contributed by atoms with Gasteiger partial charge in [0.15, 0.2) is 0 Å². The maximum Gasteiger partial charge on any atom is 0.135 e. The van der Waals surface area contributed by atoms with Crippen molar-refractivity contribution in [2.45, 2.75) is 0 Å². The molecule has 0 atom stereocenters. The molecule has 0 aliphatic rings. The molecular formula is C6H4N2O. The van der Waals surface area contributed by atoms with Gasteiger partial charge >= 0.3 is 0 Å². The van der Waals surface area contributed by atoms with E-state index in [1.54, 1.807) is 6.07 Å². The van der Waals surface area contributed by atoms with Crippen molar-refractivity contribution in [1.29, 1.82) is 5.26 Å². The standard InChI is InChI=1S/C6H4N2O/c7-2-5-1-6(9)4-8-3-5/h1,3-4,9H/i1D,3D,4D. The smallest absolute Gasteiger partial charge is 0.135 e. The van der Waals surface area contributed by atoms with Gasteiger partial charge in [-0.25, -0.2) is 0 Å². The van der Waals surface area contributed by atoms with E-state index in [2.05, 4.69) is 4.98 Å². The molecule has 0 aliphatic heterocycles. The first kappa shape index (κ1) is 2.83. The number of rotatable bonds is 0. The molecular weight excluding hydrogens is 116 g/mol. The molecule has 0 amide bonds. The Hall–Kier alpha value is -1.56. The summed E-state index contributed by atoms with van der Waals surface area (Å²) in [6, 6.07) is 1.04. The van der Waals surface area contributed by atoms with Gasteiger partial charge in [-0.05, 0) is 0 Å². The molecule has 3 nitrogen and oxygen atoms in total. The largest absolute Gasteiger partial charge is 0.506 e. The van der Waals surface area contributed by atoms with E-state index >= 15 is 0 Å². The summed E-state index contributed by atoms with van der Waals surface area (Å²) in [5, 5.41) is 17.4. The molecule has 1 N–H and O–H groups in total. The predicted octanol–water partition coefficient (Wildman–Crippen LogP) is 0.659. The Kier molecular flexibility index (Phi) is 0.673. The molecule has 9 heavy (non-hydrogen) atoms. The lowest BCUT2D eigenvalue weighted by molar-refractivity contribution is 0.472. The van der Waals surface area contributed by atoms with Crippen LogP contribution in [0.2, 0.25) is 0 Å². The zero-order valence-corrected chi connectivity index (χ0v) is 4.34. The van der Waals surface area contributed by atoms with E-state index in [-0.39, 0.29) is 5.56 Å². The molecule has 0 saturated carbocycles. The second-order valence-corrected chi connectivity index (χ2v) is 1.30. The quantitative estimate of drug-likeness (QED) is 0.551. The third-order valence-electron chi connectivity index (χ3n) is 0.685. The Morgan fingerprint density at radius 1 is 1.78 bits per heavy atom. The average Bonchev–Trinajstić information content (AvgIpc) is 2.01. The molecule has 1 heterocycles. The summed E-state index contributed by atoms with van der Waals surface area (Å²) in [4.78, 5) is 3.25. The summed E-state index contributed by atoms with van der Waals surface area (Å²) in [7, 11) is 0. The highest BCUT2D eigenvalue weighted by Crippen LogP contribution is 2.05. The van der Waals surface area contributed by atoms with Crippen molar-refractivity contribution in [3.05, 3.63) is 24.0 Å². The molecule has 3 heteroatoms. The third-order valence-corrected chi connectivity index (χ3v) is 0.685. The van der Waals surface area contributed by atoms with Crippen LogP contribution < -0.4 is 0 Å². The van der Waals surface area contributed by atoms with Crippen LogP contribution in [0.15, 0.2) is 18.4 Å². The van der Waals surface area contributed by atoms with E-state index < -0.39 is 24.1 Å². The normalized spacial score (nSPS) is 13.0. The Bertz CT molecular complexity index is 372. The monoisotopic (exact) mass is 123 g/mol. The minimum absolute atomic E-state index is 0.316. The molecule has 0 unspecified atom stereocenters. The van der Waals surface area contributed by atoms with E-state index in [9.17, 15) is 0 Å². The lowest BCUT2D eigenvalue weighted by atomic mass is 10.3. The Morgan fingerprint density at radius 3 is 3.22 bits per heavy atom. The van der Waals surface area contributed by atoms with Gasteiger partial charge in [0.05, 0.1) is 15.8 Å². The third kappa shape index (κ3) is 1.16. The minimum Gasteiger partial charge on any atom is -0.506 e. The second kappa shape index (κ2) is 2.14. The van der Waals surface area contributed by atoms with Crippen molar-refractivity contribution < 1.29 is 9.22 Å². The molecule has 0 fully saturated rings. The highest BCUT2D eigenvalue weighted by molar-refractivity contribution is 5.31. The van der Waals surface area contributed by atoms with Crippen LogP contribution in [0.5, 0.6) is 5.75 Å². The maximum absolute atomic E-state index is 8.97. The number of aromatic nitrogens is 1. The zero-order valence-electron chi connectivity index (χ0n) is 7.34. The lowest BCUT2D eigenvalue weighted by Gasteiger charge is -1.87. The summed E-state index contributed by atoms with van der Waals surface area (Å²) >= 11 is 0. The van der Waals surface area contributed by atoms with Gasteiger partial charge in [0.25, 0.3) is 0 Å². The van der Waals surface area contributed by atoms with E-state index in [0.717, 1.165) is 0 Å². The Balaban J connectivity index is 3.54. The Morgan fingerprint density at radius 2 is 2.56 bits per heavy atom. The van der Waals surface area contributed by atoms with Gasteiger partial charge in [-0.3, -0.25) is 4.98 Å². The summed E-state index contributed by atoms with van der Waals surface area (Å²) in [6.45, 7) is 0. The lowest BCUT2D eigenvalue weighted by Crippen LogP contribution is -1.74. The summed E-state index contributed by atoms with van der Waals surface area (Å²) in [6.07, 6.45) is -1.01. The Labute approximate surface area is 56.4 Å². The summed E-state index contributed by atoms with van der Waals surface area (Å²) in [5.74, 6) is -0.664. The van der Waals surface area contributed by atoms with Gasteiger partial charge in [0.1, 0.15) is 11.8 Å². The SMILES string of the molecule is [2H]c1nc([2H])c(C#N)c([2H])c1O. The van der Waals surface area contributed by atoms with Gasteiger partial charge in [-0.15, -0.1) is 0 Å². The first-order chi connectivity index (χ1) is 5.57. The van der Waals surface area contributed by atoms with Gasteiger partial charge < -0.3 is 5.11 Å². The first-order valence-electron chi connectivity index (χ1n) is 3.64. The van der Waals surface area contributed by atoms with E-state index in [1.807, 2.05) is 0 Å². The number of hydrogen-bond donors (Lipinski definition) is 1. The second-order valence-electron chi connectivity index (χ2n) is 1.30. The number of hydrogen-bond acceptors (Lipinski definition) is 3. The van der Waals surface area contributed by atoms with Gasteiger partial charge in [0.2, 0.25) is 0 Å². The van der Waals surface area contributed by atoms with Crippen LogP contribution in [0.1, 0.15) is 9.68 Å². The molecule has 0 bridgehead atoms. The fourth-order valence-electron chi connectivity index (χ4n) is 0.364. The zero-order chi connectivity index (χ0) is 9.30. The molecule has 1 rings (SSSR count). The van der Waals surface area contributed by atoms with Crippen LogP contribution >= 0.6 is 0 Å². The molecule has 0 aliphatic carbocycles. The molecule has 0 saturated heterocycles. The van der Waals surface area contributed by atoms with Crippen molar-refractivity contribution in [2.24, 2.45) is 0 Å². The van der Waals surface area contributed by atoms with Crippen LogP contribution in [0.3, 0.4) is 0 Å². The van der Waals surface area contributed by atoms with Crippen LogP contribution in [0.25, 0.3) is 0 Å². The molecule has 44 valence electrons. The van der Waals surface area contributed by atoms with Crippen molar-refractivity contribution >= 4 is 0 Å². The fraction of sp³-hybridized carbons (Fsp3) is 0. The van der Waals surface area contributed by atoms with Crippen LogP contribution in [-0.2, 0) is 0 Å². The van der Waals surface area contributed by atoms with Crippen LogP contribution in [0, 0.1) is 11.3 Å². The summed E-state index contributed by atoms with van der Waals surface area (Å²) < 4.78 is 21.2. The average molecular weight is 123 g/mol. The predicted molar refractivity (Wildman–Crippen MR) is 30.6 cm³/mol. The molecule has 0 spiro atoms. The van der Waals surface area contributed by atoms with Gasteiger partial charge in [-0.2, -0.15) is 5.26 Å². The van der Waals surface area contributed by atoms with E-state index in [1.165, 1.54) is 0 Å². The fourth-order valence-corrected chi connectivity index (χ4v) is 0.364. The molecule has 0 aromatic carbocycles. The van der Waals surface area contributed by atoms with Gasteiger partial charge in [0, 0.05) is 12.2 Å². The number of nitriles is 1. The van der Waals surface area contributed by atoms with Crippen molar-refractivity contribution in [3.63, 3.8) is 0 Å². The van der Waals surface area contributed by atoms with Crippen LogP contribution in [0.4, 0.5) is 0 Å². The molecule has 1 aromatic heterocycles. The number of aromatic hydroxyl groups is 1. The summed E-state index contributed by atoms with van der Waals surface area (Å²) in [5.41, 5.74) is -0.316. The number of pyridine rings is 1. The van der Waals surface area contributed by atoms with Crippen molar-refractivity contribution in [1.82, 2.24) is 4.98 Å². The molecule has 1 aromatic rings. The van der Waals surface area contributed by atoms with Crippen molar-refractivity contribution in [2.75, 3.05) is 0 Å². The van der Waals surface area contributed by atoms with Crippen molar-refractivity contribution in [3.8, 4) is 11.8 Å². The maximum atomic E-state index is 8.97. The topological polar surface area (TPSA) is 56.9 Å². The molecule has 0 radical (unpaired) electrons. The minimum atomic E-state index is -0.664.